The Hall–Kier alpha value is -3.39. The second-order valence-electron chi connectivity index (χ2n) is 9.01. The summed E-state index contributed by atoms with van der Waals surface area (Å²) in [5.74, 6) is -1.22. The highest BCUT2D eigenvalue weighted by molar-refractivity contribution is 6.30. The third-order valence-corrected chi connectivity index (χ3v) is 6.06. The zero-order valence-electron chi connectivity index (χ0n) is 21.0. The van der Waals surface area contributed by atoms with Crippen LogP contribution in [0.15, 0.2) is 59.6 Å². The number of halogens is 1. The molecule has 0 radical (unpaired) electrons. The summed E-state index contributed by atoms with van der Waals surface area (Å²) in [6.07, 6.45) is -0.310. The van der Waals surface area contributed by atoms with E-state index >= 15 is 0 Å². The summed E-state index contributed by atoms with van der Waals surface area (Å²) in [5, 5.41) is 0.497. The minimum atomic E-state index is -0.767. The van der Waals surface area contributed by atoms with Crippen LogP contribution in [-0.2, 0) is 20.9 Å². The van der Waals surface area contributed by atoms with E-state index in [4.69, 9.17) is 21.1 Å². The van der Waals surface area contributed by atoms with Crippen LogP contribution < -0.4 is 0 Å². The second kappa shape index (κ2) is 12.5. The molecule has 0 aromatic heterocycles. The van der Waals surface area contributed by atoms with Gasteiger partial charge >= 0.3 is 18.1 Å². The summed E-state index contributed by atoms with van der Waals surface area (Å²) in [6, 6.07) is 15.4. The maximum atomic E-state index is 13.1. The van der Waals surface area contributed by atoms with Crippen molar-refractivity contribution >= 4 is 35.4 Å². The maximum absolute atomic E-state index is 13.1. The predicted molar refractivity (Wildman–Crippen MR) is 138 cm³/mol. The van der Waals surface area contributed by atoms with E-state index in [1.165, 1.54) is 4.90 Å². The molecule has 1 aliphatic heterocycles. The number of benzene rings is 2. The van der Waals surface area contributed by atoms with Crippen molar-refractivity contribution in [2.45, 2.75) is 45.9 Å². The highest BCUT2D eigenvalue weighted by atomic mass is 35.5. The minimum Gasteiger partial charge on any atom is -0.462 e. The van der Waals surface area contributed by atoms with Gasteiger partial charge < -0.3 is 19.3 Å². The van der Waals surface area contributed by atoms with Gasteiger partial charge in [-0.1, -0.05) is 54.1 Å². The van der Waals surface area contributed by atoms with E-state index in [9.17, 15) is 14.4 Å². The first kappa shape index (κ1) is 27.2. The minimum absolute atomic E-state index is 0.180. The van der Waals surface area contributed by atoms with Crippen molar-refractivity contribution in [1.82, 2.24) is 9.80 Å². The molecule has 0 aliphatic carbocycles. The Labute approximate surface area is 216 Å². The number of urea groups is 1. The molecule has 0 saturated carbocycles. The molecule has 0 N–H and O–H groups in total. The quantitative estimate of drug-likeness (QED) is 0.413. The van der Waals surface area contributed by atoms with Gasteiger partial charge in [0.1, 0.15) is 12.5 Å². The number of carbonyl (C=O) groups is 3. The summed E-state index contributed by atoms with van der Waals surface area (Å²) in [4.78, 5) is 45.6. The number of ether oxygens (including phenoxy) is 2. The number of nitrogens with zero attached hydrogens (tertiary/aromatic N) is 3. The molecule has 36 heavy (non-hydrogen) atoms. The Kier molecular flexibility index (Phi) is 9.47. The molecule has 0 spiro atoms. The summed E-state index contributed by atoms with van der Waals surface area (Å²) in [7, 11) is 1.64. The van der Waals surface area contributed by atoms with E-state index < -0.39 is 30.1 Å². The lowest BCUT2D eigenvalue weighted by atomic mass is 9.86. The molecular weight excluding hydrogens is 482 g/mol. The van der Waals surface area contributed by atoms with Gasteiger partial charge in [0.15, 0.2) is 0 Å². The zero-order chi connectivity index (χ0) is 26.2. The van der Waals surface area contributed by atoms with Crippen LogP contribution in [0, 0.1) is 5.92 Å². The van der Waals surface area contributed by atoms with Crippen molar-refractivity contribution in [1.29, 1.82) is 0 Å². The van der Waals surface area contributed by atoms with Crippen LogP contribution in [-0.4, -0.2) is 59.8 Å². The summed E-state index contributed by atoms with van der Waals surface area (Å²) >= 11 is 6.24. The number of aliphatic imine (C=N–C) groups is 1. The van der Waals surface area contributed by atoms with E-state index in [1.54, 1.807) is 50.9 Å². The lowest BCUT2D eigenvalue weighted by molar-refractivity contribution is -0.151. The van der Waals surface area contributed by atoms with Crippen LogP contribution in [0.3, 0.4) is 0 Å². The van der Waals surface area contributed by atoms with Gasteiger partial charge in [-0.3, -0.25) is 4.79 Å². The Bertz CT molecular complexity index is 1110. The molecule has 1 aliphatic rings. The molecule has 2 aromatic carbocycles. The molecule has 3 amide bonds. The Balaban J connectivity index is 1.72. The number of carbonyl (C=O) groups excluding carboxylic acids is 3. The zero-order valence-corrected chi connectivity index (χ0v) is 21.8. The van der Waals surface area contributed by atoms with E-state index in [-0.39, 0.29) is 19.3 Å². The largest absolute Gasteiger partial charge is 0.462 e. The monoisotopic (exact) mass is 513 g/mol. The first-order chi connectivity index (χ1) is 17.2. The van der Waals surface area contributed by atoms with E-state index in [0.717, 1.165) is 5.56 Å². The topological polar surface area (TPSA) is 88.5 Å². The molecule has 1 heterocycles. The summed E-state index contributed by atoms with van der Waals surface area (Å²) in [5.41, 5.74) is 2.01. The van der Waals surface area contributed by atoms with Crippen LogP contribution in [0.4, 0.5) is 9.59 Å². The molecule has 0 saturated heterocycles. The predicted octanol–water partition coefficient (Wildman–Crippen LogP) is 5.50. The fourth-order valence-electron chi connectivity index (χ4n) is 4.11. The Morgan fingerprint density at radius 3 is 2.53 bits per heavy atom. The molecule has 2 aromatic rings. The second-order valence-corrected chi connectivity index (χ2v) is 9.44. The molecule has 192 valence electrons. The van der Waals surface area contributed by atoms with Gasteiger partial charge in [-0.15, -0.1) is 0 Å². The van der Waals surface area contributed by atoms with Crippen molar-refractivity contribution in [2.75, 3.05) is 20.1 Å². The van der Waals surface area contributed by atoms with Gasteiger partial charge in [-0.2, -0.15) is 0 Å². The number of hydrogen-bond acceptors (Lipinski definition) is 5. The molecule has 0 fully saturated rings. The Morgan fingerprint density at radius 1 is 1.14 bits per heavy atom. The molecule has 8 nitrogen and oxygen atoms in total. The summed E-state index contributed by atoms with van der Waals surface area (Å²) < 4.78 is 10.9. The van der Waals surface area contributed by atoms with Crippen molar-refractivity contribution in [2.24, 2.45) is 10.9 Å². The van der Waals surface area contributed by atoms with Crippen molar-refractivity contribution in [3.8, 4) is 0 Å². The van der Waals surface area contributed by atoms with Crippen molar-refractivity contribution < 1.29 is 23.9 Å². The highest BCUT2D eigenvalue weighted by Crippen LogP contribution is 2.36. The van der Waals surface area contributed by atoms with Crippen molar-refractivity contribution in [3.05, 3.63) is 70.7 Å². The molecule has 2 unspecified atom stereocenters. The smallest absolute Gasteiger partial charge is 0.409 e. The standard InChI is InChI=1S/C27H32ClN3O5/c1-18(2)36-25(32)23-19(3)29-26(33)31(24(23)21-12-8-13-22(28)16-21)15-9-14-30(4)27(34)35-17-20-10-6-5-7-11-20/h5-8,10-13,16,18,23-24H,9,14-15,17H2,1-4H3. The van der Waals surface area contributed by atoms with Gasteiger partial charge in [0, 0.05) is 30.9 Å². The van der Waals surface area contributed by atoms with Crippen LogP contribution in [0.2, 0.25) is 5.02 Å². The van der Waals surface area contributed by atoms with Gasteiger partial charge in [0.25, 0.3) is 0 Å². The number of hydrogen-bond donors (Lipinski definition) is 0. The number of rotatable bonds is 9. The third kappa shape index (κ3) is 7.07. The van der Waals surface area contributed by atoms with E-state index in [1.807, 2.05) is 36.4 Å². The summed E-state index contributed by atoms with van der Waals surface area (Å²) in [6.45, 7) is 6.02. The van der Waals surface area contributed by atoms with Gasteiger partial charge in [0.2, 0.25) is 0 Å². The van der Waals surface area contributed by atoms with E-state index in [0.29, 0.717) is 29.3 Å². The average molecular weight is 514 g/mol. The van der Waals surface area contributed by atoms with Crippen LogP contribution in [0.1, 0.15) is 44.4 Å². The first-order valence-electron chi connectivity index (χ1n) is 11.9. The van der Waals surface area contributed by atoms with Gasteiger partial charge in [0.05, 0.1) is 12.1 Å². The fraction of sp³-hybridized carbons (Fsp3) is 0.407. The van der Waals surface area contributed by atoms with Gasteiger partial charge in [-0.25, -0.2) is 14.6 Å². The fourth-order valence-corrected chi connectivity index (χ4v) is 4.31. The Morgan fingerprint density at radius 2 is 1.86 bits per heavy atom. The normalized spacial score (nSPS) is 17.6. The van der Waals surface area contributed by atoms with Crippen LogP contribution >= 0.6 is 11.6 Å². The lowest BCUT2D eigenvalue weighted by Gasteiger charge is -2.39. The highest BCUT2D eigenvalue weighted by Gasteiger charge is 2.43. The lowest BCUT2D eigenvalue weighted by Crippen LogP contribution is -2.48. The maximum Gasteiger partial charge on any atom is 0.409 e. The third-order valence-electron chi connectivity index (χ3n) is 5.82. The number of esters is 1. The molecular formula is C27H32ClN3O5. The SMILES string of the molecule is CC1=NC(=O)N(CCCN(C)C(=O)OCc2ccccc2)C(c2cccc(Cl)c2)C1C(=O)OC(C)C. The van der Waals surface area contributed by atoms with Crippen molar-refractivity contribution in [3.63, 3.8) is 0 Å². The average Bonchev–Trinajstić information content (AvgIpc) is 2.83. The van der Waals surface area contributed by atoms with E-state index in [2.05, 4.69) is 4.99 Å². The molecule has 3 rings (SSSR count). The van der Waals surface area contributed by atoms with Gasteiger partial charge in [-0.05, 0) is 50.5 Å². The van der Waals surface area contributed by atoms with Crippen LogP contribution in [0.25, 0.3) is 0 Å². The molecule has 2 atom stereocenters. The first-order valence-corrected chi connectivity index (χ1v) is 12.3. The number of amides is 3. The molecule has 9 heteroatoms. The molecule has 0 bridgehead atoms. The van der Waals surface area contributed by atoms with Crippen LogP contribution in [0.5, 0.6) is 0 Å².